The lowest BCUT2D eigenvalue weighted by Gasteiger charge is -2.17. The van der Waals surface area contributed by atoms with Crippen molar-refractivity contribution in [2.75, 3.05) is 0 Å². The fourth-order valence-electron chi connectivity index (χ4n) is 1.43. The van der Waals surface area contributed by atoms with E-state index in [1.807, 2.05) is 0 Å². The molecule has 0 spiro atoms. The third-order valence-corrected chi connectivity index (χ3v) is 4.42. The molecule has 4 N–H and O–H groups in total. The predicted octanol–water partition coefficient (Wildman–Crippen LogP) is 0.150. The number of nitrogens with one attached hydrogen (secondary N) is 1. The average molecular weight is 338 g/mol. The van der Waals surface area contributed by atoms with Gasteiger partial charge in [0.15, 0.2) is 0 Å². The largest absolute Gasteiger partial charge is 0.480 e. The third kappa shape index (κ3) is 4.14. The number of aliphatic carboxylic acids is 1. The van der Waals surface area contributed by atoms with E-state index in [-0.39, 0.29) is 10.6 Å². The van der Waals surface area contributed by atoms with Crippen LogP contribution in [0.3, 0.4) is 0 Å². The van der Waals surface area contributed by atoms with Gasteiger partial charge >= 0.3 is 11.9 Å². The highest BCUT2D eigenvalue weighted by molar-refractivity contribution is 7.89. The van der Waals surface area contributed by atoms with Crippen LogP contribution in [0.4, 0.5) is 0 Å². The van der Waals surface area contributed by atoms with Crippen molar-refractivity contribution >= 4 is 33.6 Å². The summed E-state index contributed by atoms with van der Waals surface area (Å²) in [5, 5.41) is 26.7. The van der Waals surface area contributed by atoms with Crippen molar-refractivity contribution in [3.8, 4) is 0 Å². The van der Waals surface area contributed by atoms with E-state index in [4.69, 9.17) is 21.8 Å². The first kappa shape index (κ1) is 17.4. The molecule has 116 valence electrons. The van der Waals surface area contributed by atoms with Crippen LogP contribution in [0, 0.1) is 0 Å². The summed E-state index contributed by atoms with van der Waals surface area (Å²) in [7, 11) is -4.42. The van der Waals surface area contributed by atoms with E-state index in [0.29, 0.717) is 0 Å². The van der Waals surface area contributed by atoms with Crippen molar-refractivity contribution in [3.63, 3.8) is 0 Å². The van der Waals surface area contributed by atoms with Gasteiger partial charge < -0.3 is 15.3 Å². The lowest BCUT2D eigenvalue weighted by atomic mass is 10.2. The maximum absolute atomic E-state index is 12.1. The maximum atomic E-state index is 12.1. The number of sulfonamides is 1. The van der Waals surface area contributed by atoms with Crippen LogP contribution >= 0.6 is 11.6 Å². The highest BCUT2D eigenvalue weighted by Gasteiger charge is 2.30. The SMILES string of the molecule is C[C@@H](O)[C@@H](NS(=O)(=O)c1cc(C(=O)O)ccc1Cl)C(=O)O. The molecule has 0 aromatic heterocycles. The van der Waals surface area contributed by atoms with E-state index in [9.17, 15) is 23.1 Å². The summed E-state index contributed by atoms with van der Waals surface area (Å²) < 4.78 is 25.9. The van der Waals surface area contributed by atoms with Gasteiger partial charge in [-0.05, 0) is 25.1 Å². The Bertz CT molecular complexity index is 671. The van der Waals surface area contributed by atoms with Gasteiger partial charge in [-0.2, -0.15) is 4.72 Å². The Hall–Kier alpha value is -1.68. The van der Waals surface area contributed by atoms with Crippen molar-refractivity contribution in [3.05, 3.63) is 28.8 Å². The number of carbonyl (C=O) groups is 2. The first-order valence-electron chi connectivity index (χ1n) is 5.52. The molecule has 0 saturated heterocycles. The molecule has 1 aromatic rings. The van der Waals surface area contributed by atoms with Crippen molar-refractivity contribution in [2.24, 2.45) is 0 Å². The van der Waals surface area contributed by atoms with E-state index in [1.54, 1.807) is 4.72 Å². The monoisotopic (exact) mass is 337 g/mol. The van der Waals surface area contributed by atoms with Crippen LogP contribution in [0.15, 0.2) is 23.1 Å². The van der Waals surface area contributed by atoms with Gasteiger partial charge in [-0.1, -0.05) is 11.6 Å². The molecule has 0 bridgehead atoms. The Morgan fingerprint density at radius 3 is 2.29 bits per heavy atom. The molecular formula is C11H12ClNO7S. The molecule has 0 aliphatic rings. The fraction of sp³-hybridized carbons (Fsp3) is 0.273. The van der Waals surface area contributed by atoms with Crippen LogP contribution in [0.2, 0.25) is 5.02 Å². The van der Waals surface area contributed by atoms with Gasteiger partial charge in [-0.15, -0.1) is 0 Å². The number of halogens is 1. The lowest BCUT2D eigenvalue weighted by Crippen LogP contribution is -2.47. The minimum Gasteiger partial charge on any atom is -0.480 e. The molecule has 0 saturated carbocycles. The molecule has 2 atom stereocenters. The summed E-state index contributed by atoms with van der Waals surface area (Å²) in [6.07, 6.45) is -1.50. The highest BCUT2D eigenvalue weighted by atomic mass is 35.5. The zero-order valence-electron chi connectivity index (χ0n) is 10.6. The van der Waals surface area contributed by atoms with Gasteiger partial charge in [0, 0.05) is 0 Å². The Balaban J connectivity index is 3.27. The highest BCUT2D eigenvalue weighted by Crippen LogP contribution is 2.23. The summed E-state index contributed by atoms with van der Waals surface area (Å²) in [4.78, 5) is 21.1. The van der Waals surface area contributed by atoms with Gasteiger partial charge in [0.05, 0.1) is 16.7 Å². The Kier molecular flexibility index (Phi) is 5.29. The molecular weight excluding hydrogens is 326 g/mol. The Morgan fingerprint density at radius 2 is 1.86 bits per heavy atom. The molecule has 0 unspecified atom stereocenters. The number of benzene rings is 1. The number of hydrogen-bond acceptors (Lipinski definition) is 5. The average Bonchev–Trinajstić information content (AvgIpc) is 2.35. The van der Waals surface area contributed by atoms with Crippen LogP contribution in [-0.4, -0.2) is 47.8 Å². The van der Waals surface area contributed by atoms with Crippen LogP contribution in [0.1, 0.15) is 17.3 Å². The van der Waals surface area contributed by atoms with Gasteiger partial charge in [0.2, 0.25) is 10.0 Å². The van der Waals surface area contributed by atoms with Gasteiger partial charge in [-0.25, -0.2) is 13.2 Å². The maximum Gasteiger partial charge on any atom is 0.335 e. The van der Waals surface area contributed by atoms with E-state index in [2.05, 4.69) is 0 Å². The van der Waals surface area contributed by atoms with E-state index in [1.165, 1.54) is 0 Å². The van der Waals surface area contributed by atoms with Gasteiger partial charge in [0.1, 0.15) is 10.9 Å². The molecule has 0 amide bonds. The van der Waals surface area contributed by atoms with Crippen LogP contribution < -0.4 is 4.72 Å². The predicted molar refractivity (Wildman–Crippen MR) is 71.8 cm³/mol. The minimum atomic E-state index is -4.42. The molecule has 0 heterocycles. The fourth-order valence-corrected chi connectivity index (χ4v) is 3.22. The number of rotatable bonds is 6. The summed E-state index contributed by atoms with van der Waals surface area (Å²) in [6, 6.07) is 1.18. The molecule has 0 aliphatic carbocycles. The Labute approximate surface area is 125 Å². The second kappa shape index (κ2) is 6.39. The zero-order chi connectivity index (χ0) is 16.4. The van der Waals surface area contributed by atoms with Crippen LogP contribution in [0.25, 0.3) is 0 Å². The summed E-state index contributed by atoms with van der Waals surface area (Å²) >= 11 is 5.71. The summed E-state index contributed by atoms with van der Waals surface area (Å²) in [6.45, 7) is 1.09. The lowest BCUT2D eigenvalue weighted by molar-refractivity contribution is -0.141. The number of carboxylic acid groups (broad SMARTS) is 2. The van der Waals surface area contributed by atoms with E-state index < -0.39 is 39.0 Å². The molecule has 21 heavy (non-hydrogen) atoms. The minimum absolute atomic E-state index is 0.276. The number of hydrogen-bond donors (Lipinski definition) is 4. The second-order valence-electron chi connectivity index (χ2n) is 4.13. The van der Waals surface area contributed by atoms with Crippen molar-refractivity contribution in [2.45, 2.75) is 24.0 Å². The summed E-state index contributed by atoms with van der Waals surface area (Å²) in [5.41, 5.74) is -0.330. The Morgan fingerprint density at radius 1 is 1.29 bits per heavy atom. The molecule has 1 rings (SSSR count). The van der Waals surface area contributed by atoms with Crippen LogP contribution in [-0.2, 0) is 14.8 Å². The zero-order valence-corrected chi connectivity index (χ0v) is 12.2. The first-order valence-corrected chi connectivity index (χ1v) is 7.38. The molecule has 0 fully saturated rings. The van der Waals surface area contributed by atoms with Crippen molar-refractivity contribution < 1.29 is 33.3 Å². The normalized spacial score (nSPS) is 14.4. The van der Waals surface area contributed by atoms with Crippen molar-refractivity contribution in [1.29, 1.82) is 0 Å². The third-order valence-electron chi connectivity index (χ3n) is 2.50. The second-order valence-corrected chi connectivity index (χ2v) is 6.22. The molecule has 8 nitrogen and oxygen atoms in total. The number of aliphatic hydroxyl groups excluding tert-OH is 1. The number of carboxylic acids is 2. The number of aromatic carboxylic acids is 1. The number of aliphatic hydroxyl groups is 1. The standard InChI is InChI=1S/C11H12ClNO7S/c1-5(14)9(11(17)18)13-21(19,20)8-4-6(10(15)16)2-3-7(8)12/h2-5,9,13-14H,1H3,(H,15,16)(H,17,18)/t5-,9-/m1/s1. The quantitative estimate of drug-likeness (QED) is 0.579. The summed E-state index contributed by atoms with van der Waals surface area (Å²) in [5.74, 6) is -2.95. The van der Waals surface area contributed by atoms with Gasteiger partial charge in [-0.3, -0.25) is 4.79 Å². The van der Waals surface area contributed by atoms with E-state index in [0.717, 1.165) is 25.1 Å². The van der Waals surface area contributed by atoms with E-state index >= 15 is 0 Å². The molecule has 10 heteroatoms. The van der Waals surface area contributed by atoms with Crippen molar-refractivity contribution in [1.82, 2.24) is 4.72 Å². The smallest absolute Gasteiger partial charge is 0.335 e. The molecule has 0 aliphatic heterocycles. The van der Waals surface area contributed by atoms with Gasteiger partial charge in [0.25, 0.3) is 0 Å². The van der Waals surface area contributed by atoms with Crippen LogP contribution in [0.5, 0.6) is 0 Å². The topological polar surface area (TPSA) is 141 Å². The molecule has 0 radical (unpaired) electrons. The first-order chi connectivity index (χ1) is 9.56. The molecule has 1 aromatic carbocycles.